The molecule has 0 aromatic heterocycles. The largest absolute Gasteiger partial charge is 0.0810 e. The fourth-order valence-electron chi connectivity index (χ4n) is 2.42. The number of unbranched alkanes of at least 4 members (excludes halogenated alkanes) is 8. The van der Waals surface area contributed by atoms with E-state index in [2.05, 4.69) is 50.3 Å². The molecule has 1 rings (SSSR count). The Hall–Kier alpha value is -1.04. The summed E-state index contributed by atoms with van der Waals surface area (Å²) in [4.78, 5) is 0. The summed E-state index contributed by atoms with van der Waals surface area (Å²) in [5.74, 6) is 0. The van der Waals surface area contributed by atoms with Crippen LogP contribution in [0.2, 0.25) is 0 Å². The van der Waals surface area contributed by atoms with Gasteiger partial charge in [0, 0.05) is 0 Å². The minimum absolute atomic E-state index is 1.23. The molecule has 0 spiro atoms. The molecule has 0 radical (unpaired) electrons. The van der Waals surface area contributed by atoms with E-state index in [0.29, 0.717) is 0 Å². The van der Waals surface area contributed by atoms with Crippen molar-refractivity contribution in [1.82, 2.24) is 0 Å². The molecule has 0 heteroatoms. The van der Waals surface area contributed by atoms with Crippen molar-refractivity contribution in [1.29, 1.82) is 0 Å². The predicted molar refractivity (Wildman–Crippen MR) is 87.3 cm³/mol. The zero-order chi connectivity index (χ0) is 13.8. The first kappa shape index (κ1) is 16.0. The molecule has 1 aromatic rings. The highest BCUT2D eigenvalue weighted by Crippen LogP contribution is 2.15. The van der Waals surface area contributed by atoms with Crippen molar-refractivity contribution < 1.29 is 0 Å². The number of hydrogen-bond donors (Lipinski definition) is 0. The Kier molecular flexibility index (Phi) is 9.14. The quantitative estimate of drug-likeness (QED) is 0.414. The first-order chi connectivity index (χ1) is 9.34. The molecule has 19 heavy (non-hydrogen) atoms. The average Bonchev–Trinajstić information content (AvgIpc) is 2.46. The molecule has 0 aliphatic carbocycles. The van der Waals surface area contributed by atoms with Gasteiger partial charge in [-0.3, -0.25) is 0 Å². The van der Waals surface area contributed by atoms with Gasteiger partial charge in [0.05, 0.1) is 0 Å². The summed E-state index contributed by atoms with van der Waals surface area (Å²) in [6.07, 6.45) is 14.9. The van der Waals surface area contributed by atoms with E-state index < -0.39 is 0 Å². The Morgan fingerprint density at radius 3 is 2.05 bits per heavy atom. The van der Waals surface area contributed by atoms with Crippen LogP contribution < -0.4 is 0 Å². The summed E-state index contributed by atoms with van der Waals surface area (Å²) >= 11 is 0. The van der Waals surface area contributed by atoms with Gasteiger partial charge >= 0.3 is 0 Å². The lowest BCUT2D eigenvalue weighted by Crippen LogP contribution is -1.81. The minimum Gasteiger partial charge on any atom is -0.0810 e. The highest BCUT2D eigenvalue weighted by molar-refractivity contribution is 5.63. The fraction of sp³-hybridized carbons (Fsp3) is 0.579. The molecule has 0 unspecified atom stereocenters. The number of hydrogen-bond acceptors (Lipinski definition) is 0. The summed E-state index contributed by atoms with van der Waals surface area (Å²) in [6, 6.07) is 10.7. The Morgan fingerprint density at radius 2 is 1.42 bits per heavy atom. The van der Waals surface area contributed by atoms with Crippen molar-refractivity contribution in [2.45, 2.75) is 71.6 Å². The van der Waals surface area contributed by atoms with Crippen LogP contribution in [0.25, 0.3) is 5.57 Å². The number of benzene rings is 1. The first-order valence-electron chi connectivity index (χ1n) is 8.06. The molecule has 0 atom stereocenters. The molecular weight excluding hydrogens is 228 g/mol. The Morgan fingerprint density at radius 1 is 0.842 bits per heavy atom. The molecule has 106 valence electrons. The van der Waals surface area contributed by atoms with Crippen LogP contribution in [-0.2, 0) is 0 Å². The van der Waals surface area contributed by atoms with Crippen molar-refractivity contribution in [3.8, 4) is 0 Å². The second-order valence-electron chi connectivity index (χ2n) is 5.52. The summed E-state index contributed by atoms with van der Waals surface area (Å²) in [6.45, 7) is 4.50. The maximum Gasteiger partial charge on any atom is -0.0231 e. The first-order valence-corrected chi connectivity index (χ1v) is 8.06. The summed E-state index contributed by atoms with van der Waals surface area (Å²) in [5, 5.41) is 0. The lowest BCUT2D eigenvalue weighted by molar-refractivity contribution is 0.578. The van der Waals surface area contributed by atoms with Crippen LogP contribution in [0.1, 0.15) is 77.2 Å². The van der Waals surface area contributed by atoms with E-state index in [1.807, 2.05) is 0 Å². The summed E-state index contributed by atoms with van der Waals surface area (Å²) in [7, 11) is 0. The highest BCUT2D eigenvalue weighted by Gasteiger charge is 1.94. The van der Waals surface area contributed by atoms with E-state index in [9.17, 15) is 0 Å². The fourth-order valence-corrected chi connectivity index (χ4v) is 2.42. The van der Waals surface area contributed by atoms with Gasteiger partial charge in [-0.25, -0.2) is 0 Å². The maximum absolute atomic E-state index is 2.40. The third kappa shape index (κ3) is 7.87. The van der Waals surface area contributed by atoms with Crippen LogP contribution in [0.4, 0.5) is 0 Å². The zero-order valence-corrected chi connectivity index (χ0v) is 12.8. The van der Waals surface area contributed by atoms with Crippen molar-refractivity contribution in [2.75, 3.05) is 0 Å². The Bertz CT molecular complexity index is 334. The van der Waals surface area contributed by atoms with Crippen molar-refractivity contribution >= 4 is 5.57 Å². The van der Waals surface area contributed by atoms with E-state index in [4.69, 9.17) is 0 Å². The monoisotopic (exact) mass is 258 g/mol. The van der Waals surface area contributed by atoms with Gasteiger partial charge in [0.2, 0.25) is 0 Å². The zero-order valence-electron chi connectivity index (χ0n) is 12.8. The van der Waals surface area contributed by atoms with Gasteiger partial charge < -0.3 is 0 Å². The van der Waals surface area contributed by atoms with Gasteiger partial charge in [0.1, 0.15) is 0 Å². The van der Waals surface area contributed by atoms with Crippen LogP contribution in [0, 0.1) is 0 Å². The summed E-state index contributed by atoms with van der Waals surface area (Å²) < 4.78 is 0. The van der Waals surface area contributed by atoms with E-state index in [1.165, 1.54) is 68.9 Å². The molecule has 0 aliphatic rings. The van der Waals surface area contributed by atoms with Crippen molar-refractivity contribution in [3.63, 3.8) is 0 Å². The normalized spacial score (nSPS) is 11.8. The third-order valence-corrected chi connectivity index (χ3v) is 3.74. The minimum atomic E-state index is 1.23. The van der Waals surface area contributed by atoms with Crippen LogP contribution in [0.5, 0.6) is 0 Å². The molecule has 0 bridgehead atoms. The standard InChI is InChI=1S/C19H30/c1-3-4-5-6-7-8-9-10-12-15-18(2)19-16-13-11-14-17-19/h11,13-17H,3-10,12H2,1-2H3/b18-15-. The van der Waals surface area contributed by atoms with Gasteiger partial charge in [0.25, 0.3) is 0 Å². The average molecular weight is 258 g/mol. The molecule has 0 saturated heterocycles. The molecule has 0 heterocycles. The van der Waals surface area contributed by atoms with Gasteiger partial charge in [0.15, 0.2) is 0 Å². The third-order valence-electron chi connectivity index (χ3n) is 3.74. The Balaban J connectivity index is 2.04. The number of allylic oxidation sites excluding steroid dienone is 2. The topological polar surface area (TPSA) is 0 Å². The van der Waals surface area contributed by atoms with Crippen LogP contribution in [-0.4, -0.2) is 0 Å². The molecule has 1 aromatic carbocycles. The van der Waals surface area contributed by atoms with Gasteiger partial charge in [-0.05, 0) is 30.9 Å². The molecular formula is C19H30. The lowest BCUT2D eigenvalue weighted by atomic mass is 10.0. The summed E-state index contributed by atoms with van der Waals surface area (Å²) in [5.41, 5.74) is 2.78. The molecule has 0 N–H and O–H groups in total. The molecule has 0 fully saturated rings. The second kappa shape index (κ2) is 10.8. The molecule has 0 nitrogen and oxygen atoms in total. The predicted octanol–water partition coefficient (Wildman–Crippen LogP) is 6.62. The lowest BCUT2D eigenvalue weighted by Gasteiger charge is -2.02. The van der Waals surface area contributed by atoms with E-state index in [0.717, 1.165) is 0 Å². The van der Waals surface area contributed by atoms with Crippen LogP contribution in [0.15, 0.2) is 36.4 Å². The highest BCUT2D eigenvalue weighted by atomic mass is 14.0. The second-order valence-corrected chi connectivity index (χ2v) is 5.52. The number of rotatable bonds is 10. The van der Waals surface area contributed by atoms with Crippen molar-refractivity contribution in [3.05, 3.63) is 42.0 Å². The van der Waals surface area contributed by atoms with E-state index >= 15 is 0 Å². The maximum atomic E-state index is 2.40. The van der Waals surface area contributed by atoms with E-state index in [1.54, 1.807) is 0 Å². The van der Waals surface area contributed by atoms with E-state index in [-0.39, 0.29) is 0 Å². The Labute approximate surface area is 119 Å². The SMILES string of the molecule is CCCCCCCCCC/C=C(/C)c1ccccc1. The van der Waals surface area contributed by atoms with Gasteiger partial charge in [-0.2, -0.15) is 0 Å². The molecule has 0 amide bonds. The van der Waals surface area contributed by atoms with Gasteiger partial charge in [-0.1, -0.05) is 88.3 Å². The van der Waals surface area contributed by atoms with Crippen LogP contribution in [0.3, 0.4) is 0 Å². The van der Waals surface area contributed by atoms with Crippen LogP contribution >= 0.6 is 0 Å². The molecule has 0 aliphatic heterocycles. The van der Waals surface area contributed by atoms with Gasteiger partial charge in [-0.15, -0.1) is 0 Å². The smallest absolute Gasteiger partial charge is 0.0231 e. The molecule has 0 saturated carbocycles. The van der Waals surface area contributed by atoms with Crippen molar-refractivity contribution in [2.24, 2.45) is 0 Å².